The first-order valence-corrected chi connectivity index (χ1v) is 12.8. The van der Waals surface area contributed by atoms with Crippen LogP contribution in [-0.2, 0) is 11.3 Å². The molecule has 5 heterocycles. The van der Waals surface area contributed by atoms with Gasteiger partial charge in [0.1, 0.15) is 18.8 Å². The lowest BCUT2D eigenvalue weighted by molar-refractivity contribution is -0.136. The van der Waals surface area contributed by atoms with Crippen LogP contribution in [0.1, 0.15) is 41.5 Å². The molecule has 214 valence electrons. The molecule has 0 unspecified atom stereocenters. The van der Waals surface area contributed by atoms with Gasteiger partial charge in [-0.25, -0.2) is 22.5 Å². The van der Waals surface area contributed by atoms with Gasteiger partial charge in [0.15, 0.2) is 5.69 Å². The minimum atomic E-state index is -2.92. The van der Waals surface area contributed by atoms with Crippen LogP contribution in [-0.4, -0.2) is 96.5 Å². The van der Waals surface area contributed by atoms with E-state index in [9.17, 15) is 27.2 Å². The molecule has 0 radical (unpaired) electrons. The Balaban J connectivity index is 1.22. The van der Waals surface area contributed by atoms with Gasteiger partial charge < -0.3 is 15.3 Å². The maximum absolute atomic E-state index is 13.8. The molecule has 15 heteroatoms. The van der Waals surface area contributed by atoms with Gasteiger partial charge in [0, 0.05) is 50.2 Å². The van der Waals surface area contributed by atoms with Crippen LogP contribution in [0.3, 0.4) is 0 Å². The molecule has 0 bridgehead atoms. The van der Waals surface area contributed by atoms with Crippen molar-refractivity contribution in [3.8, 4) is 11.3 Å². The summed E-state index contributed by atoms with van der Waals surface area (Å²) >= 11 is 0. The summed E-state index contributed by atoms with van der Waals surface area (Å²) in [5, 5.41) is 19.4. The monoisotopic (exact) mass is 564 g/mol. The van der Waals surface area contributed by atoms with Crippen molar-refractivity contribution in [2.24, 2.45) is 0 Å². The number of carbonyl (C=O) groups is 2. The molecule has 11 nitrogen and oxygen atoms in total. The van der Waals surface area contributed by atoms with E-state index in [0.29, 0.717) is 37.4 Å². The van der Waals surface area contributed by atoms with Gasteiger partial charge in [-0.3, -0.25) is 23.9 Å². The average molecular weight is 565 g/mol. The molecule has 2 aliphatic rings. The van der Waals surface area contributed by atoms with Crippen molar-refractivity contribution in [2.45, 2.75) is 44.3 Å². The predicted octanol–water partition coefficient (Wildman–Crippen LogP) is 2.44. The molecule has 3 aromatic heterocycles. The molecule has 5 rings (SSSR count). The summed E-state index contributed by atoms with van der Waals surface area (Å²) in [7, 11) is 0. The van der Waals surface area contributed by atoms with Crippen LogP contribution in [0.2, 0.25) is 0 Å². The molecular formula is C25H28F4N8O3. The second-order valence-electron chi connectivity index (χ2n) is 9.79. The molecule has 0 aliphatic carbocycles. The van der Waals surface area contributed by atoms with E-state index in [1.54, 1.807) is 17.0 Å². The zero-order valence-corrected chi connectivity index (χ0v) is 21.3. The number of rotatable bonds is 9. The van der Waals surface area contributed by atoms with E-state index in [-0.39, 0.29) is 29.4 Å². The Morgan fingerprint density at radius 1 is 1.07 bits per heavy atom. The third-order valence-corrected chi connectivity index (χ3v) is 7.18. The van der Waals surface area contributed by atoms with Crippen molar-refractivity contribution in [2.75, 3.05) is 38.1 Å². The van der Waals surface area contributed by atoms with E-state index >= 15 is 0 Å². The van der Waals surface area contributed by atoms with Crippen molar-refractivity contribution in [3.05, 3.63) is 48.2 Å². The van der Waals surface area contributed by atoms with Gasteiger partial charge in [0.2, 0.25) is 5.91 Å². The van der Waals surface area contributed by atoms with Crippen LogP contribution in [0.15, 0.2) is 36.8 Å². The minimum Gasteiger partial charge on any atom is -0.387 e. The van der Waals surface area contributed by atoms with Crippen molar-refractivity contribution < 1.29 is 32.3 Å². The lowest BCUT2D eigenvalue weighted by Gasteiger charge is -2.47. The van der Waals surface area contributed by atoms with E-state index < -0.39 is 37.6 Å². The number of pyridine rings is 1. The second-order valence-corrected chi connectivity index (χ2v) is 9.79. The number of likely N-dealkylation sites (tertiary alicyclic amines) is 2. The number of halogens is 4. The van der Waals surface area contributed by atoms with Gasteiger partial charge >= 0.3 is 0 Å². The number of nitrogens with zero attached hydrogens (tertiary/aromatic N) is 7. The van der Waals surface area contributed by atoms with Gasteiger partial charge in [-0.2, -0.15) is 10.2 Å². The Labute approximate surface area is 226 Å². The van der Waals surface area contributed by atoms with E-state index in [2.05, 4.69) is 25.4 Å². The summed E-state index contributed by atoms with van der Waals surface area (Å²) in [6.07, 6.45) is 0.164. The maximum Gasteiger partial charge on any atom is 0.284 e. The summed E-state index contributed by atoms with van der Waals surface area (Å²) in [5.41, 5.74) is 0.0295. The molecule has 0 atom stereocenters. The molecular weight excluding hydrogens is 536 g/mol. The van der Waals surface area contributed by atoms with Crippen molar-refractivity contribution in [1.29, 1.82) is 0 Å². The molecule has 0 spiro atoms. The Morgan fingerprint density at radius 3 is 2.50 bits per heavy atom. The van der Waals surface area contributed by atoms with Gasteiger partial charge in [-0.15, -0.1) is 0 Å². The van der Waals surface area contributed by atoms with Crippen molar-refractivity contribution in [1.82, 2.24) is 34.3 Å². The summed E-state index contributed by atoms with van der Waals surface area (Å²) in [5.74, 6) is -1.00. The molecule has 40 heavy (non-hydrogen) atoms. The first kappa shape index (κ1) is 27.7. The number of hydrogen-bond donors (Lipinski definition) is 2. The van der Waals surface area contributed by atoms with Crippen molar-refractivity contribution in [3.63, 3.8) is 0 Å². The van der Waals surface area contributed by atoms with E-state index in [0.717, 1.165) is 17.5 Å². The number of nitrogens with one attached hydrogen (secondary N) is 1. The normalized spacial score (nSPS) is 17.0. The highest BCUT2D eigenvalue weighted by atomic mass is 19.3. The minimum absolute atomic E-state index is 0.0482. The molecule has 2 fully saturated rings. The molecule has 2 N–H and O–H groups in total. The number of anilines is 1. The average Bonchev–Trinajstić information content (AvgIpc) is 3.55. The number of carbonyl (C=O) groups excluding carboxylic acids is 2. The van der Waals surface area contributed by atoms with Crippen molar-refractivity contribution >= 4 is 17.5 Å². The van der Waals surface area contributed by atoms with Gasteiger partial charge in [0.05, 0.1) is 23.6 Å². The van der Waals surface area contributed by atoms with Gasteiger partial charge in [-0.05, 0) is 25.0 Å². The molecule has 3 aromatic rings. The Kier molecular flexibility index (Phi) is 8.12. The second kappa shape index (κ2) is 11.7. The number of hydrogen-bond acceptors (Lipinski definition) is 7. The topological polar surface area (TPSA) is 121 Å². The zero-order chi connectivity index (χ0) is 28.4. The number of amides is 2. The largest absolute Gasteiger partial charge is 0.387 e. The van der Waals surface area contributed by atoms with Crippen LogP contribution in [0, 0.1) is 0 Å². The Bertz CT molecular complexity index is 1350. The first-order valence-electron chi connectivity index (χ1n) is 12.8. The quantitative estimate of drug-likeness (QED) is 0.383. The fourth-order valence-corrected chi connectivity index (χ4v) is 5.03. The fraction of sp³-hybridized carbons (Fsp3) is 0.480. The fourth-order valence-electron chi connectivity index (χ4n) is 5.03. The number of aliphatic hydroxyl groups is 1. The standard InChI is InChI=1S/C25H28F4N8O3/c26-21(27)13-36-9-15(8-30-36)18-2-1-3-19(31-18)25(40)32-20-12-37(33-23(20)24(28)29)17-10-35(11-17)16-4-6-34(7-5-16)22(39)14-38/h1-3,8-9,12,16-17,21,24,38H,4-7,10-11,13-14H2,(H,32,40). The Hall–Kier alpha value is -3.85. The van der Waals surface area contributed by atoms with E-state index in [4.69, 9.17) is 5.11 Å². The lowest BCUT2D eigenvalue weighted by atomic mass is 9.97. The lowest BCUT2D eigenvalue weighted by Crippen LogP contribution is -2.56. The van der Waals surface area contributed by atoms with E-state index in [1.807, 2.05) is 0 Å². The predicted molar refractivity (Wildman–Crippen MR) is 134 cm³/mol. The van der Waals surface area contributed by atoms with Crippen LogP contribution in [0.4, 0.5) is 23.2 Å². The highest BCUT2D eigenvalue weighted by Crippen LogP contribution is 2.32. The SMILES string of the molecule is O=C(Nc1cn(C2CN(C3CCN(C(=O)CO)CC3)C2)nc1C(F)F)c1cccc(-c2cnn(CC(F)F)c2)n1. The smallest absolute Gasteiger partial charge is 0.284 e. The molecule has 0 saturated carbocycles. The van der Waals surface area contributed by atoms with Gasteiger partial charge in [0.25, 0.3) is 18.8 Å². The highest BCUT2D eigenvalue weighted by Gasteiger charge is 2.37. The maximum atomic E-state index is 13.8. The molecule has 0 aromatic carbocycles. The summed E-state index contributed by atoms with van der Waals surface area (Å²) in [6.45, 7) is 1.23. The number of alkyl halides is 4. The van der Waals surface area contributed by atoms with Crippen LogP contribution in [0.25, 0.3) is 11.3 Å². The third-order valence-electron chi connectivity index (χ3n) is 7.18. The van der Waals surface area contributed by atoms with Crippen LogP contribution in [0.5, 0.6) is 0 Å². The number of piperidine rings is 1. The number of aliphatic hydroxyl groups excluding tert-OH is 1. The summed E-state index contributed by atoms with van der Waals surface area (Å²) < 4.78 is 55.3. The van der Waals surface area contributed by atoms with Gasteiger partial charge in [-0.1, -0.05) is 6.07 Å². The molecule has 2 amide bonds. The third kappa shape index (κ3) is 5.99. The summed E-state index contributed by atoms with van der Waals surface area (Å²) in [4.78, 5) is 32.7. The first-order chi connectivity index (χ1) is 19.2. The molecule has 2 saturated heterocycles. The zero-order valence-electron chi connectivity index (χ0n) is 21.3. The molecule has 2 aliphatic heterocycles. The Morgan fingerprint density at radius 2 is 1.82 bits per heavy atom. The summed E-state index contributed by atoms with van der Waals surface area (Å²) in [6, 6.07) is 4.65. The van der Waals surface area contributed by atoms with E-state index in [1.165, 1.54) is 29.3 Å². The highest BCUT2D eigenvalue weighted by molar-refractivity contribution is 6.03. The number of aromatic nitrogens is 5. The van der Waals surface area contributed by atoms with Crippen LogP contribution >= 0.6 is 0 Å². The van der Waals surface area contributed by atoms with Crippen LogP contribution < -0.4 is 5.32 Å².